The van der Waals surface area contributed by atoms with Crippen LogP contribution in [0.2, 0.25) is 0 Å². The Morgan fingerprint density at radius 3 is 2.35 bits per heavy atom. The molecule has 0 atom stereocenters. The van der Waals surface area contributed by atoms with Crippen molar-refractivity contribution in [2.24, 2.45) is 0 Å². The summed E-state index contributed by atoms with van der Waals surface area (Å²) in [7, 11) is -0.450. The van der Waals surface area contributed by atoms with Gasteiger partial charge in [0.1, 0.15) is 5.75 Å². The first-order valence-corrected chi connectivity index (χ1v) is 6.67. The third-order valence-electron chi connectivity index (χ3n) is 2.40. The molecule has 0 aromatic heterocycles. The molecule has 0 aliphatic carbocycles. The van der Waals surface area contributed by atoms with Crippen molar-refractivity contribution in [1.29, 1.82) is 0 Å². The molecular weight excluding hydrogens is 242 g/mol. The molecule has 0 bridgehead atoms. The van der Waals surface area contributed by atoms with E-state index < -0.39 is 10.0 Å². The van der Waals surface area contributed by atoms with Crippen molar-refractivity contribution in [3.05, 3.63) is 24.3 Å². The number of methoxy groups -OCH3 is 1. The molecular formula is C11H17NO4S. The lowest BCUT2D eigenvalue weighted by Crippen LogP contribution is -2.28. The highest BCUT2D eigenvalue weighted by Crippen LogP contribution is 2.18. The van der Waals surface area contributed by atoms with Gasteiger partial charge in [-0.05, 0) is 30.7 Å². The van der Waals surface area contributed by atoms with Crippen molar-refractivity contribution in [1.82, 2.24) is 4.31 Å². The normalized spacial score (nSPS) is 11.8. The summed E-state index contributed by atoms with van der Waals surface area (Å²) in [6.45, 7) is 0.271. The topological polar surface area (TPSA) is 66.8 Å². The monoisotopic (exact) mass is 259 g/mol. The fourth-order valence-electron chi connectivity index (χ4n) is 1.34. The third kappa shape index (κ3) is 3.42. The lowest BCUT2D eigenvalue weighted by Gasteiger charge is -2.16. The smallest absolute Gasteiger partial charge is 0.242 e. The van der Waals surface area contributed by atoms with Gasteiger partial charge < -0.3 is 9.84 Å². The van der Waals surface area contributed by atoms with Gasteiger partial charge in [-0.15, -0.1) is 0 Å². The van der Waals surface area contributed by atoms with Crippen molar-refractivity contribution >= 4 is 10.0 Å². The second-order valence-corrected chi connectivity index (χ2v) is 5.62. The van der Waals surface area contributed by atoms with Crippen LogP contribution in [0.15, 0.2) is 29.2 Å². The Balaban J connectivity index is 2.88. The quantitative estimate of drug-likeness (QED) is 0.816. The van der Waals surface area contributed by atoms with E-state index >= 15 is 0 Å². The van der Waals surface area contributed by atoms with Gasteiger partial charge in [-0.1, -0.05) is 0 Å². The Hall–Kier alpha value is -1.11. The zero-order valence-corrected chi connectivity index (χ0v) is 10.8. The fraction of sp³-hybridized carbons (Fsp3) is 0.455. The molecule has 17 heavy (non-hydrogen) atoms. The van der Waals surface area contributed by atoms with Crippen LogP contribution in [0, 0.1) is 0 Å². The van der Waals surface area contributed by atoms with E-state index in [0.29, 0.717) is 18.7 Å². The SMILES string of the molecule is COc1ccc(S(=O)(=O)N(C)CCCO)cc1. The molecule has 0 radical (unpaired) electrons. The predicted octanol–water partition coefficient (Wildman–Crippen LogP) is 0.698. The van der Waals surface area contributed by atoms with Crippen LogP contribution in [0.25, 0.3) is 0 Å². The van der Waals surface area contributed by atoms with Crippen LogP contribution in [-0.4, -0.2) is 45.1 Å². The third-order valence-corrected chi connectivity index (χ3v) is 4.27. The number of nitrogens with zero attached hydrogens (tertiary/aromatic N) is 1. The van der Waals surface area contributed by atoms with Crippen LogP contribution in [-0.2, 0) is 10.0 Å². The molecule has 1 aromatic rings. The largest absolute Gasteiger partial charge is 0.497 e. The maximum absolute atomic E-state index is 12.0. The van der Waals surface area contributed by atoms with Crippen molar-refractivity contribution in [2.75, 3.05) is 27.3 Å². The standard InChI is InChI=1S/C11H17NO4S/c1-12(8-3-9-13)17(14,15)11-6-4-10(16-2)5-7-11/h4-7,13H,3,8-9H2,1-2H3. The van der Waals surface area contributed by atoms with Crippen molar-refractivity contribution < 1.29 is 18.3 Å². The van der Waals surface area contributed by atoms with Gasteiger partial charge >= 0.3 is 0 Å². The van der Waals surface area contributed by atoms with Gasteiger partial charge in [0, 0.05) is 20.2 Å². The van der Waals surface area contributed by atoms with Gasteiger partial charge in [-0.2, -0.15) is 0 Å². The lowest BCUT2D eigenvalue weighted by molar-refractivity contribution is 0.275. The summed E-state index contributed by atoms with van der Waals surface area (Å²) in [6, 6.07) is 6.22. The highest BCUT2D eigenvalue weighted by Gasteiger charge is 2.19. The van der Waals surface area contributed by atoms with E-state index in [1.165, 1.54) is 30.6 Å². The zero-order valence-electron chi connectivity index (χ0n) is 9.96. The van der Waals surface area contributed by atoms with Crippen LogP contribution >= 0.6 is 0 Å². The van der Waals surface area contributed by atoms with Gasteiger partial charge in [0.2, 0.25) is 10.0 Å². The van der Waals surface area contributed by atoms with Crippen molar-refractivity contribution in [3.8, 4) is 5.75 Å². The summed E-state index contributed by atoms with van der Waals surface area (Å²) in [5, 5.41) is 8.68. The first-order valence-electron chi connectivity index (χ1n) is 5.23. The maximum atomic E-state index is 12.0. The molecule has 0 heterocycles. The van der Waals surface area contributed by atoms with Crippen molar-refractivity contribution in [3.63, 3.8) is 0 Å². The van der Waals surface area contributed by atoms with E-state index in [1.807, 2.05) is 0 Å². The molecule has 1 rings (SSSR count). The number of aliphatic hydroxyl groups is 1. The average Bonchev–Trinajstić information content (AvgIpc) is 2.35. The zero-order chi connectivity index (χ0) is 12.9. The van der Waals surface area contributed by atoms with Gasteiger partial charge in [-0.25, -0.2) is 12.7 Å². The summed E-state index contributed by atoms with van der Waals surface area (Å²) < 4.78 is 30.3. The summed E-state index contributed by atoms with van der Waals surface area (Å²) in [5.41, 5.74) is 0. The van der Waals surface area contributed by atoms with E-state index in [2.05, 4.69) is 0 Å². The second kappa shape index (κ2) is 6.00. The van der Waals surface area contributed by atoms with Gasteiger partial charge in [-0.3, -0.25) is 0 Å². The summed E-state index contributed by atoms with van der Waals surface area (Å²) in [6.07, 6.45) is 0.423. The molecule has 0 fully saturated rings. The minimum atomic E-state index is -3.47. The summed E-state index contributed by atoms with van der Waals surface area (Å²) in [4.78, 5) is 0.221. The Morgan fingerprint density at radius 2 is 1.88 bits per heavy atom. The molecule has 96 valence electrons. The van der Waals surface area contributed by atoms with Crippen LogP contribution in [0.3, 0.4) is 0 Å². The highest BCUT2D eigenvalue weighted by molar-refractivity contribution is 7.89. The van der Waals surface area contributed by atoms with Gasteiger partial charge in [0.25, 0.3) is 0 Å². The molecule has 0 spiro atoms. The Bertz CT molecular complexity index is 441. The Labute approximate surface area is 102 Å². The average molecular weight is 259 g/mol. The molecule has 5 nitrogen and oxygen atoms in total. The summed E-state index contributed by atoms with van der Waals surface area (Å²) >= 11 is 0. The first-order chi connectivity index (χ1) is 8.02. The lowest BCUT2D eigenvalue weighted by atomic mass is 10.3. The van der Waals surface area contributed by atoms with Crippen LogP contribution in [0.1, 0.15) is 6.42 Å². The van der Waals surface area contributed by atoms with Gasteiger partial charge in [0.15, 0.2) is 0 Å². The maximum Gasteiger partial charge on any atom is 0.242 e. The minimum absolute atomic E-state index is 0.0253. The molecule has 1 aromatic carbocycles. The van der Waals surface area contributed by atoms with Crippen LogP contribution in [0.4, 0.5) is 0 Å². The number of aliphatic hydroxyl groups excluding tert-OH is 1. The van der Waals surface area contributed by atoms with Gasteiger partial charge in [0.05, 0.1) is 12.0 Å². The second-order valence-electron chi connectivity index (χ2n) is 3.58. The number of sulfonamides is 1. The number of benzene rings is 1. The van der Waals surface area contributed by atoms with E-state index in [4.69, 9.17) is 9.84 Å². The minimum Gasteiger partial charge on any atom is -0.497 e. The van der Waals surface area contributed by atoms with Crippen LogP contribution < -0.4 is 4.74 Å². The molecule has 0 amide bonds. The number of rotatable bonds is 6. The van der Waals surface area contributed by atoms with Crippen LogP contribution in [0.5, 0.6) is 5.75 Å². The Morgan fingerprint density at radius 1 is 1.29 bits per heavy atom. The van der Waals surface area contributed by atoms with E-state index in [-0.39, 0.29) is 11.5 Å². The predicted molar refractivity (Wildman–Crippen MR) is 64.5 cm³/mol. The van der Waals surface area contributed by atoms with Crippen molar-refractivity contribution in [2.45, 2.75) is 11.3 Å². The molecule has 0 aliphatic rings. The molecule has 0 aliphatic heterocycles. The highest BCUT2D eigenvalue weighted by atomic mass is 32.2. The van der Waals surface area contributed by atoms with E-state index in [0.717, 1.165) is 0 Å². The van der Waals surface area contributed by atoms with E-state index in [9.17, 15) is 8.42 Å². The molecule has 1 N–H and O–H groups in total. The molecule has 6 heteroatoms. The number of ether oxygens (including phenoxy) is 1. The number of hydrogen-bond acceptors (Lipinski definition) is 4. The van der Waals surface area contributed by atoms with E-state index in [1.54, 1.807) is 12.1 Å². The molecule has 0 saturated heterocycles. The number of hydrogen-bond donors (Lipinski definition) is 1. The molecule has 0 saturated carbocycles. The fourth-order valence-corrected chi connectivity index (χ4v) is 2.55. The summed E-state index contributed by atoms with van der Waals surface area (Å²) in [5.74, 6) is 0.613. The molecule has 0 unspecified atom stereocenters. The first kappa shape index (κ1) is 14.0. The Kier molecular flexibility index (Phi) is 4.92.